The predicted octanol–water partition coefficient (Wildman–Crippen LogP) is 3.67. The van der Waals surface area contributed by atoms with Gasteiger partial charge in [-0.2, -0.15) is 0 Å². The maximum Gasteiger partial charge on any atom is 0.00643 e. The third-order valence-corrected chi connectivity index (χ3v) is 3.84. The lowest BCUT2D eigenvalue weighted by Crippen LogP contribution is -2.34. The summed E-state index contributed by atoms with van der Waals surface area (Å²) in [4.78, 5) is 2.67. The van der Waals surface area contributed by atoms with Crippen molar-refractivity contribution in [1.29, 1.82) is 0 Å². The molecule has 0 saturated carbocycles. The van der Waals surface area contributed by atoms with Gasteiger partial charge in [-0.25, -0.2) is 0 Å². The predicted molar refractivity (Wildman–Crippen MR) is 78.6 cm³/mol. The molecule has 0 rings (SSSR count). The Bertz CT molecular complexity index is 159. The molecule has 0 radical (unpaired) electrons. The van der Waals surface area contributed by atoms with E-state index in [0.717, 1.165) is 6.04 Å². The molecule has 2 heteroatoms. The summed E-state index contributed by atoms with van der Waals surface area (Å²) >= 11 is 0. The van der Waals surface area contributed by atoms with Crippen molar-refractivity contribution in [3.05, 3.63) is 0 Å². The fourth-order valence-electron chi connectivity index (χ4n) is 2.08. The first-order chi connectivity index (χ1) is 8.15. The average molecular weight is 242 g/mol. The molecule has 0 aromatic heterocycles. The highest BCUT2D eigenvalue weighted by Crippen LogP contribution is 2.09. The molecule has 0 heterocycles. The van der Waals surface area contributed by atoms with Crippen LogP contribution in [0.2, 0.25) is 0 Å². The molecule has 0 amide bonds. The monoisotopic (exact) mass is 242 g/mol. The lowest BCUT2D eigenvalue weighted by atomic mass is 10.1. The third kappa shape index (κ3) is 8.62. The molecule has 2 unspecified atom stereocenters. The van der Waals surface area contributed by atoms with Gasteiger partial charge in [-0.05, 0) is 59.7 Å². The van der Waals surface area contributed by atoms with E-state index in [1.807, 2.05) is 0 Å². The second-order valence-electron chi connectivity index (χ2n) is 5.33. The highest BCUT2D eigenvalue weighted by atomic mass is 15.1. The van der Waals surface area contributed by atoms with Gasteiger partial charge in [-0.1, -0.05) is 26.7 Å². The van der Waals surface area contributed by atoms with E-state index in [0.29, 0.717) is 6.04 Å². The quantitative estimate of drug-likeness (QED) is 0.556. The molecule has 0 saturated heterocycles. The summed E-state index contributed by atoms with van der Waals surface area (Å²) in [5.41, 5.74) is 0. The van der Waals surface area contributed by atoms with Gasteiger partial charge in [0.1, 0.15) is 0 Å². The molecule has 0 aromatic rings. The van der Waals surface area contributed by atoms with E-state index in [1.54, 1.807) is 0 Å². The lowest BCUT2D eigenvalue weighted by Gasteiger charge is -2.28. The largest absolute Gasteiger partial charge is 0.317 e. The summed E-state index contributed by atoms with van der Waals surface area (Å²) in [5.74, 6) is 0. The molecule has 0 aromatic carbocycles. The van der Waals surface area contributed by atoms with Crippen molar-refractivity contribution in [3.8, 4) is 0 Å². The van der Waals surface area contributed by atoms with Crippen molar-refractivity contribution >= 4 is 0 Å². The first kappa shape index (κ1) is 16.9. The van der Waals surface area contributed by atoms with Gasteiger partial charge < -0.3 is 10.2 Å². The number of nitrogens with one attached hydrogen (secondary N) is 1. The minimum atomic E-state index is 0.669. The van der Waals surface area contributed by atoms with Crippen LogP contribution in [0.1, 0.15) is 66.2 Å². The molecule has 0 aliphatic heterocycles. The van der Waals surface area contributed by atoms with E-state index in [4.69, 9.17) is 0 Å². The average Bonchev–Trinajstić information content (AvgIpc) is 2.36. The van der Waals surface area contributed by atoms with Crippen molar-refractivity contribution < 1.29 is 0 Å². The number of unbranched alkanes of at least 4 members (excludes halogenated alkanes) is 2. The smallest absolute Gasteiger partial charge is 0.00643 e. The topological polar surface area (TPSA) is 15.3 Å². The summed E-state index contributed by atoms with van der Waals surface area (Å²) in [5, 5.41) is 3.31. The van der Waals surface area contributed by atoms with Crippen molar-refractivity contribution in [2.75, 3.05) is 20.1 Å². The standard InChI is InChI=1S/C15H34N2/c1-6-8-12-17(15(4)7-2)13-10-9-11-14(3)16-5/h14-16H,6-13H2,1-5H3. The molecule has 104 valence electrons. The van der Waals surface area contributed by atoms with Crippen LogP contribution in [0.5, 0.6) is 0 Å². The van der Waals surface area contributed by atoms with Gasteiger partial charge in [0.05, 0.1) is 0 Å². The van der Waals surface area contributed by atoms with Crippen molar-refractivity contribution in [3.63, 3.8) is 0 Å². The van der Waals surface area contributed by atoms with Crippen LogP contribution in [-0.2, 0) is 0 Å². The van der Waals surface area contributed by atoms with E-state index in [1.165, 1.54) is 51.6 Å². The normalized spacial score (nSPS) is 15.2. The molecule has 0 fully saturated rings. The van der Waals surface area contributed by atoms with Crippen LogP contribution < -0.4 is 5.32 Å². The molecular weight excluding hydrogens is 208 g/mol. The van der Waals surface area contributed by atoms with Crippen molar-refractivity contribution in [2.24, 2.45) is 0 Å². The fraction of sp³-hybridized carbons (Fsp3) is 1.00. The third-order valence-electron chi connectivity index (χ3n) is 3.84. The molecule has 1 N–H and O–H groups in total. The Morgan fingerprint density at radius 2 is 1.65 bits per heavy atom. The highest BCUT2D eigenvalue weighted by molar-refractivity contribution is 4.66. The molecule has 2 atom stereocenters. The molecule has 2 nitrogen and oxygen atoms in total. The first-order valence-electron chi connectivity index (χ1n) is 7.56. The number of hydrogen-bond donors (Lipinski definition) is 1. The Morgan fingerprint density at radius 1 is 1.00 bits per heavy atom. The van der Waals surface area contributed by atoms with Gasteiger partial charge in [0.2, 0.25) is 0 Å². The molecule has 0 aliphatic rings. The van der Waals surface area contributed by atoms with Crippen LogP contribution in [0.15, 0.2) is 0 Å². The second-order valence-corrected chi connectivity index (χ2v) is 5.33. The van der Waals surface area contributed by atoms with Gasteiger partial charge in [0, 0.05) is 12.1 Å². The zero-order chi connectivity index (χ0) is 13.1. The Morgan fingerprint density at radius 3 is 2.18 bits per heavy atom. The Kier molecular flexibility index (Phi) is 11.0. The molecule has 0 bridgehead atoms. The fourth-order valence-corrected chi connectivity index (χ4v) is 2.08. The minimum absolute atomic E-state index is 0.669. The zero-order valence-corrected chi connectivity index (χ0v) is 12.8. The van der Waals surface area contributed by atoms with E-state index >= 15 is 0 Å². The van der Waals surface area contributed by atoms with Crippen LogP contribution in [0.4, 0.5) is 0 Å². The van der Waals surface area contributed by atoms with Crippen LogP contribution in [0.3, 0.4) is 0 Å². The van der Waals surface area contributed by atoms with Crippen molar-refractivity contribution in [2.45, 2.75) is 78.3 Å². The summed E-state index contributed by atoms with van der Waals surface area (Å²) in [7, 11) is 2.05. The van der Waals surface area contributed by atoms with Gasteiger partial charge >= 0.3 is 0 Å². The Labute approximate surface area is 109 Å². The summed E-state index contributed by atoms with van der Waals surface area (Å²) < 4.78 is 0. The zero-order valence-electron chi connectivity index (χ0n) is 12.8. The van der Waals surface area contributed by atoms with E-state index in [9.17, 15) is 0 Å². The first-order valence-corrected chi connectivity index (χ1v) is 7.56. The maximum atomic E-state index is 3.31. The number of hydrogen-bond acceptors (Lipinski definition) is 2. The summed E-state index contributed by atoms with van der Waals surface area (Å²) in [6, 6.07) is 1.42. The SMILES string of the molecule is CCCCN(CCCCC(C)NC)C(C)CC. The number of rotatable bonds is 11. The molecule has 17 heavy (non-hydrogen) atoms. The summed E-state index contributed by atoms with van der Waals surface area (Å²) in [6.07, 6.45) is 7.93. The number of nitrogens with zero attached hydrogens (tertiary/aromatic N) is 1. The van der Waals surface area contributed by atoms with Crippen LogP contribution >= 0.6 is 0 Å². The molecular formula is C15H34N2. The van der Waals surface area contributed by atoms with Crippen molar-refractivity contribution in [1.82, 2.24) is 10.2 Å². The minimum Gasteiger partial charge on any atom is -0.317 e. The Hall–Kier alpha value is -0.0800. The van der Waals surface area contributed by atoms with Gasteiger partial charge in [-0.3, -0.25) is 0 Å². The Balaban J connectivity index is 3.75. The van der Waals surface area contributed by atoms with Crippen LogP contribution in [0, 0.1) is 0 Å². The molecule has 0 spiro atoms. The second kappa shape index (κ2) is 11.0. The maximum absolute atomic E-state index is 3.31. The van der Waals surface area contributed by atoms with Crippen LogP contribution in [-0.4, -0.2) is 37.1 Å². The van der Waals surface area contributed by atoms with E-state index in [-0.39, 0.29) is 0 Å². The van der Waals surface area contributed by atoms with Crippen LogP contribution in [0.25, 0.3) is 0 Å². The highest BCUT2D eigenvalue weighted by Gasteiger charge is 2.10. The van der Waals surface area contributed by atoms with Gasteiger partial charge in [-0.15, -0.1) is 0 Å². The lowest BCUT2D eigenvalue weighted by molar-refractivity contribution is 0.196. The molecule has 0 aliphatic carbocycles. The van der Waals surface area contributed by atoms with Gasteiger partial charge in [0.25, 0.3) is 0 Å². The van der Waals surface area contributed by atoms with E-state index < -0.39 is 0 Å². The van der Waals surface area contributed by atoms with Gasteiger partial charge in [0.15, 0.2) is 0 Å². The summed E-state index contributed by atoms with van der Waals surface area (Å²) in [6.45, 7) is 11.8. The van der Waals surface area contributed by atoms with E-state index in [2.05, 4.69) is 45.0 Å².